The number of fused-ring (bicyclic) bond motifs is 1. The Kier molecular flexibility index (Phi) is 8.53. The van der Waals surface area contributed by atoms with Crippen LogP contribution >= 0.6 is 11.3 Å². The Hall–Kier alpha value is -3.05. The van der Waals surface area contributed by atoms with Gasteiger partial charge in [-0.05, 0) is 31.4 Å². The molecule has 2 aromatic heterocycles. The van der Waals surface area contributed by atoms with E-state index in [0.29, 0.717) is 61.3 Å². The van der Waals surface area contributed by atoms with E-state index < -0.39 is 6.10 Å². The first-order chi connectivity index (χ1) is 18.6. The molecule has 2 aliphatic rings. The summed E-state index contributed by atoms with van der Waals surface area (Å²) in [7, 11) is 1.63. The zero-order valence-electron chi connectivity index (χ0n) is 21.7. The van der Waals surface area contributed by atoms with E-state index >= 15 is 0 Å². The van der Waals surface area contributed by atoms with Crippen molar-refractivity contribution in [3.05, 3.63) is 53.4 Å². The highest BCUT2D eigenvalue weighted by atomic mass is 32.1. The number of amides is 1. The SMILES string of the molecule is COc1ccccc1[C@H](CN1C(=O)CCNCCC(=O)c2c1sc(-c1ncco1)c2C)OC1CCOCC1. The number of hydrogen-bond acceptors (Lipinski definition) is 9. The van der Waals surface area contributed by atoms with Gasteiger partial charge in [0.05, 0.1) is 36.4 Å². The van der Waals surface area contributed by atoms with Crippen LogP contribution < -0.4 is 15.0 Å². The van der Waals surface area contributed by atoms with Crippen molar-refractivity contribution in [3.8, 4) is 16.5 Å². The summed E-state index contributed by atoms with van der Waals surface area (Å²) in [4.78, 5) is 34.0. The quantitative estimate of drug-likeness (QED) is 0.466. The lowest BCUT2D eigenvalue weighted by molar-refractivity contribution is -0.119. The topological polar surface area (TPSA) is 103 Å². The number of thiophene rings is 1. The van der Waals surface area contributed by atoms with Crippen LogP contribution in [0.25, 0.3) is 10.8 Å². The summed E-state index contributed by atoms with van der Waals surface area (Å²) in [6.07, 6.45) is 4.81. The monoisotopic (exact) mass is 539 g/mol. The second-order valence-electron chi connectivity index (χ2n) is 9.43. The van der Waals surface area contributed by atoms with Gasteiger partial charge in [0.15, 0.2) is 5.78 Å². The normalized spacial score (nSPS) is 18.3. The Morgan fingerprint density at radius 2 is 1.97 bits per heavy atom. The van der Waals surface area contributed by atoms with Crippen LogP contribution in [0, 0.1) is 6.92 Å². The molecule has 5 rings (SSSR count). The summed E-state index contributed by atoms with van der Waals surface area (Å²) >= 11 is 1.37. The number of oxazole rings is 1. The zero-order valence-corrected chi connectivity index (χ0v) is 22.6. The van der Waals surface area contributed by atoms with Crippen molar-refractivity contribution in [2.24, 2.45) is 0 Å². The number of para-hydroxylation sites is 1. The molecular formula is C28H33N3O6S. The lowest BCUT2D eigenvalue weighted by Gasteiger charge is -2.33. The van der Waals surface area contributed by atoms with Gasteiger partial charge in [-0.3, -0.25) is 9.59 Å². The fourth-order valence-electron chi connectivity index (χ4n) is 4.99. The van der Waals surface area contributed by atoms with Gasteiger partial charge in [0, 0.05) is 44.7 Å². The number of aromatic nitrogens is 1. The molecular weight excluding hydrogens is 506 g/mol. The van der Waals surface area contributed by atoms with E-state index in [2.05, 4.69) is 10.3 Å². The Bertz CT molecular complexity index is 1250. The Balaban J connectivity index is 1.59. The molecule has 2 aliphatic heterocycles. The predicted octanol–water partition coefficient (Wildman–Crippen LogP) is 4.56. The third-order valence-corrected chi connectivity index (χ3v) is 8.29. The molecule has 1 atom stereocenters. The largest absolute Gasteiger partial charge is 0.496 e. The van der Waals surface area contributed by atoms with Crippen LogP contribution in [-0.2, 0) is 14.3 Å². The summed E-state index contributed by atoms with van der Waals surface area (Å²) in [5.41, 5.74) is 2.18. The van der Waals surface area contributed by atoms with Gasteiger partial charge in [0.1, 0.15) is 23.1 Å². The van der Waals surface area contributed by atoms with Gasteiger partial charge in [-0.25, -0.2) is 4.98 Å². The summed E-state index contributed by atoms with van der Waals surface area (Å²) < 4.78 is 23.5. The Labute approximate surface area is 226 Å². The molecule has 10 heteroatoms. The molecule has 202 valence electrons. The maximum Gasteiger partial charge on any atom is 0.236 e. The predicted molar refractivity (Wildman–Crippen MR) is 144 cm³/mol. The maximum atomic E-state index is 13.8. The van der Waals surface area contributed by atoms with Crippen molar-refractivity contribution >= 4 is 28.0 Å². The minimum absolute atomic E-state index is 0.00906. The van der Waals surface area contributed by atoms with E-state index in [1.54, 1.807) is 18.2 Å². The molecule has 1 aromatic carbocycles. The van der Waals surface area contributed by atoms with Gasteiger partial charge < -0.3 is 28.8 Å². The maximum absolute atomic E-state index is 13.8. The van der Waals surface area contributed by atoms with Gasteiger partial charge in [-0.2, -0.15) is 0 Å². The second kappa shape index (κ2) is 12.2. The molecule has 9 nitrogen and oxygen atoms in total. The van der Waals surface area contributed by atoms with Crippen LogP contribution in [0.15, 0.2) is 41.1 Å². The number of carbonyl (C=O) groups excluding carboxylic acids is 2. The summed E-state index contributed by atoms with van der Waals surface area (Å²) in [5.74, 6) is 1.04. The van der Waals surface area contributed by atoms with Crippen molar-refractivity contribution in [2.45, 2.75) is 44.8 Å². The van der Waals surface area contributed by atoms with Gasteiger partial charge in [0.25, 0.3) is 0 Å². The molecule has 0 bridgehead atoms. The van der Waals surface area contributed by atoms with E-state index in [1.807, 2.05) is 31.2 Å². The van der Waals surface area contributed by atoms with Crippen molar-refractivity contribution in [3.63, 3.8) is 0 Å². The fraction of sp³-hybridized carbons (Fsp3) is 0.464. The smallest absolute Gasteiger partial charge is 0.236 e. The molecule has 4 heterocycles. The number of anilines is 1. The average Bonchev–Trinajstić information content (AvgIpc) is 3.59. The molecule has 1 saturated heterocycles. The molecule has 1 fully saturated rings. The van der Waals surface area contributed by atoms with E-state index in [1.165, 1.54) is 17.6 Å². The van der Waals surface area contributed by atoms with Crippen molar-refractivity contribution in [1.82, 2.24) is 10.3 Å². The number of carbonyl (C=O) groups is 2. The number of ketones is 1. The first kappa shape index (κ1) is 26.6. The molecule has 38 heavy (non-hydrogen) atoms. The fourth-order valence-corrected chi connectivity index (χ4v) is 6.29. The second-order valence-corrected chi connectivity index (χ2v) is 10.4. The highest BCUT2D eigenvalue weighted by Gasteiger charge is 2.33. The molecule has 0 unspecified atom stereocenters. The van der Waals surface area contributed by atoms with Crippen molar-refractivity contribution < 1.29 is 28.2 Å². The van der Waals surface area contributed by atoms with Crippen molar-refractivity contribution in [1.29, 1.82) is 0 Å². The molecule has 0 saturated carbocycles. The zero-order chi connectivity index (χ0) is 26.5. The number of nitrogens with zero attached hydrogens (tertiary/aromatic N) is 2. The lowest BCUT2D eigenvalue weighted by atomic mass is 10.0. The van der Waals surface area contributed by atoms with Crippen LogP contribution in [0.5, 0.6) is 5.75 Å². The number of ether oxygens (including phenoxy) is 3. The number of benzene rings is 1. The first-order valence-electron chi connectivity index (χ1n) is 13.0. The first-order valence-corrected chi connectivity index (χ1v) is 13.8. The summed E-state index contributed by atoms with van der Waals surface area (Å²) in [6.45, 7) is 4.42. The third-order valence-electron chi connectivity index (χ3n) is 6.98. The number of rotatable bonds is 7. The highest BCUT2D eigenvalue weighted by Crippen LogP contribution is 2.43. The van der Waals surface area contributed by atoms with E-state index in [0.717, 1.165) is 28.8 Å². The number of Topliss-reactive ketones (excluding diaryl/α,β-unsaturated/α-hetero) is 1. The molecule has 0 radical (unpaired) electrons. The number of hydrogen-bond donors (Lipinski definition) is 1. The number of nitrogens with one attached hydrogen (secondary N) is 1. The van der Waals surface area contributed by atoms with E-state index in [4.69, 9.17) is 18.6 Å². The van der Waals surface area contributed by atoms with Gasteiger partial charge in [-0.15, -0.1) is 11.3 Å². The third kappa shape index (κ3) is 5.68. The molecule has 1 N–H and O–H groups in total. The van der Waals surface area contributed by atoms with Crippen LogP contribution in [-0.4, -0.2) is 62.7 Å². The van der Waals surface area contributed by atoms with Crippen LogP contribution in [0.3, 0.4) is 0 Å². The minimum Gasteiger partial charge on any atom is -0.496 e. The Morgan fingerprint density at radius 1 is 1.18 bits per heavy atom. The summed E-state index contributed by atoms with van der Waals surface area (Å²) in [5, 5.41) is 3.84. The van der Waals surface area contributed by atoms with E-state index in [-0.39, 0.29) is 24.3 Å². The minimum atomic E-state index is -0.468. The molecule has 3 aromatic rings. The van der Waals surface area contributed by atoms with Crippen molar-refractivity contribution in [2.75, 3.05) is 44.9 Å². The van der Waals surface area contributed by atoms with Crippen LogP contribution in [0.1, 0.15) is 53.3 Å². The standard InChI is InChI=1S/C28H33N3O6S/c1-18-25-21(32)7-11-29-12-8-24(33)31(28(25)38-26(18)27-30-13-16-36-27)17-23(37-19-9-14-35-15-10-19)20-5-3-4-6-22(20)34-2/h3-6,13,16,19,23,29H,7-12,14-15,17H2,1-2H3/t23-/m0/s1. The number of methoxy groups -OCH3 is 1. The lowest BCUT2D eigenvalue weighted by Crippen LogP contribution is -2.39. The molecule has 0 aliphatic carbocycles. The average molecular weight is 540 g/mol. The van der Waals surface area contributed by atoms with E-state index in [9.17, 15) is 9.59 Å². The molecule has 1 amide bonds. The van der Waals surface area contributed by atoms with Gasteiger partial charge in [-0.1, -0.05) is 18.2 Å². The van der Waals surface area contributed by atoms with Crippen LogP contribution in [0.2, 0.25) is 0 Å². The Morgan fingerprint density at radius 3 is 2.74 bits per heavy atom. The highest BCUT2D eigenvalue weighted by molar-refractivity contribution is 7.20. The van der Waals surface area contributed by atoms with Gasteiger partial charge in [0.2, 0.25) is 11.8 Å². The molecule has 0 spiro atoms. The van der Waals surface area contributed by atoms with Crippen LogP contribution in [0.4, 0.5) is 5.00 Å². The van der Waals surface area contributed by atoms with Gasteiger partial charge >= 0.3 is 0 Å². The summed E-state index contributed by atoms with van der Waals surface area (Å²) in [6, 6.07) is 7.73.